The van der Waals surface area contributed by atoms with Crippen molar-refractivity contribution in [3.8, 4) is 0 Å². The topological polar surface area (TPSA) is 68.2 Å². The molecule has 0 bridgehead atoms. The molecule has 5 nitrogen and oxygen atoms in total. The van der Waals surface area contributed by atoms with E-state index in [2.05, 4.69) is 28.9 Å². The van der Waals surface area contributed by atoms with E-state index in [-0.39, 0.29) is 0 Å². The molecule has 84 valence electrons. The fourth-order valence-corrected chi connectivity index (χ4v) is 1.68. The number of aromatic nitrogens is 2. The van der Waals surface area contributed by atoms with Crippen molar-refractivity contribution in [3.05, 3.63) is 5.82 Å². The molecule has 1 saturated heterocycles. The number of piperidine rings is 1. The highest BCUT2D eigenvalue weighted by Gasteiger charge is 2.21. The summed E-state index contributed by atoms with van der Waals surface area (Å²) >= 11 is 0. The lowest BCUT2D eigenvalue weighted by atomic mass is 10.1. The maximum absolute atomic E-state index is 5.84. The molecule has 0 aromatic carbocycles. The van der Waals surface area contributed by atoms with E-state index in [4.69, 9.17) is 10.3 Å². The van der Waals surface area contributed by atoms with E-state index in [1.165, 1.54) is 0 Å². The van der Waals surface area contributed by atoms with Crippen LogP contribution in [0.3, 0.4) is 0 Å². The number of anilines is 1. The van der Waals surface area contributed by atoms with Crippen LogP contribution in [0.15, 0.2) is 4.52 Å². The first-order chi connectivity index (χ1) is 7.16. The van der Waals surface area contributed by atoms with Gasteiger partial charge in [-0.05, 0) is 12.8 Å². The van der Waals surface area contributed by atoms with Gasteiger partial charge in [0.05, 0.1) is 0 Å². The van der Waals surface area contributed by atoms with Crippen LogP contribution in [0, 0.1) is 0 Å². The summed E-state index contributed by atoms with van der Waals surface area (Å²) in [4.78, 5) is 6.48. The standard InChI is InChI=1S/C10H18N4O/c1-7(2)9-12-10(15-13-9)14-5-3-8(11)4-6-14/h7-8H,3-6,11H2,1-2H3. The van der Waals surface area contributed by atoms with E-state index in [0.717, 1.165) is 31.8 Å². The van der Waals surface area contributed by atoms with Crippen LogP contribution in [-0.2, 0) is 0 Å². The Bertz CT molecular complexity index is 315. The Labute approximate surface area is 89.6 Å². The van der Waals surface area contributed by atoms with Crippen LogP contribution in [0.2, 0.25) is 0 Å². The zero-order chi connectivity index (χ0) is 10.8. The lowest BCUT2D eigenvalue weighted by Crippen LogP contribution is -2.39. The highest BCUT2D eigenvalue weighted by Crippen LogP contribution is 2.19. The molecule has 0 spiro atoms. The van der Waals surface area contributed by atoms with Gasteiger partial charge in [-0.3, -0.25) is 0 Å². The highest BCUT2D eigenvalue weighted by molar-refractivity contribution is 5.26. The summed E-state index contributed by atoms with van der Waals surface area (Å²) in [6.45, 7) is 5.95. The molecule has 0 saturated carbocycles. The second kappa shape index (κ2) is 4.18. The van der Waals surface area contributed by atoms with Crippen molar-refractivity contribution in [2.75, 3.05) is 18.0 Å². The third kappa shape index (κ3) is 2.28. The molecule has 1 fully saturated rings. The molecule has 15 heavy (non-hydrogen) atoms. The summed E-state index contributed by atoms with van der Waals surface area (Å²) in [6, 6.07) is 0.972. The van der Waals surface area contributed by atoms with Crippen LogP contribution >= 0.6 is 0 Å². The number of hydrogen-bond donors (Lipinski definition) is 1. The van der Waals surface area contributed by atoms with Gasteiger partial charge in [-0.2, -0.15) is 4.98 Å². The molecule has 1 aliphatic rings. The molecular formula is C10H18N4O. The summed E-state index contributed by atoms with van der Waals surface area (Å²) in [5.74, 6) is 1.09. The summed E-state index contributed by atoms with van der Waals surface area (Å²) in [6.07, 6.45) is 2.00. The molecule has 0 unspecified atom stereocenters. The average molecular weight is 210 g/mol. The Balaban J connectivity index is 2.03. The van der Waals surface area contributed by atoms with Gasteiger partial charge in [0.15, 0.2) is 5.82 Å². The van der Waals surface area contributed by atoms with Crippen molar-refractivity contribution >= 4 is 6.01 Å². The van der Waals surface area contributed by atoms with E-state index >= 15 is 0 Å². The molecule has 1 aliphatic heterocycles. The van der Waals surface area contributed by atoms with Crippen molar-refractivity contribution in [1.82, 2.24) is 10.1 Å². The highest BCUT2D eigenvalue weighted by atomic mass is 16.5. The van der Waals surface area contributed by atoms with Crippen molar-refractivity contribution in [1.29, 1.82) is 0 Å². The summed E-state index contributed by atoms with van der Waals surface area (Å²) < 4.78 is 5.22. The molecule has 0 radical (unpaired) electrons. The van der Waals surface area contributed by atoms with E-state index < -0.39 is 0 Å². The van der Waals surface area contributed by atoms with E-state index in [9.17, 15) is 0 Å². The normalized spacial score (nSPS) is 18.8. The van der Waals surface area contributed by atoms with E-state index in [0.29, 0.717) is 18.0 Å². The number of nitrogens with two attached hydrogens (primary N) is 1. The third-order valence-electron chi connectivity index (χ3n) is 2.76. The molecule has 2 N–H and O–H groups in total. The van der Waals surface area contributed by atoms with Gasteiger partial charge in [0, 0.05) is 25.0 Å². The first kappa shape index (κ1) is 10.4. The quantitative estimate of drug-likeness (QED) is 0.792. The Morgan fingerprint density at radius 3 is 2.60 bits per heavy atom. The zero-order valence-corrected chi connectivity index (χ0v) is 9.31. The lowest BCUT2D eigenvalue weighted by molar-refractivity contribution is 0.387. The first-order valence-electron chi connectivity index (χ1n) is 5.51. The largest absolute Gasteiger partial charge is 0.328 e. The van der Waals surface area contributed by atoms with Gasteiger partial charge in [0.1, 0.15) is 0 Å². The van der Waals surface area contributed by atoms with Crippen molar-refractivity contribution in [3.63, 3.8) is 0 Å². The molecule has 1 aromatic rings. The smallest absolute Gasteiger partial charge is 0.324 e. The minimum Gasteiger partial charge on any atom is -0.328 e. The van der Waals surface area contributed by atoms with Crippen molar-refractivity contribution in [2.45, 2.75) is 38.6 Å². The van der Waals surface area contributed by atoms with Gasteiger partial charge in [0.2, 0.25) is 0 Å². The second-order valence-corrected chi connectivity index (χ2v) is 4.41. The molecular weight excluding hydrogens is 192 g/mol. The van der Waals surface area contributed by atoms with Crippen molar-refractivity contribution < 1.29 is 4.52 Å². The maximum Gasteiger partial charge on any atom is 0.324 e. The molecule has 0 atom stereocenters. The SMILES string of the molecule is CC(C)c1noc(N2CCC(N)CC2)n1. The van der Waals surface area contributed by atoms with Gasteiger partial charge in [-0.25, -0.2) is 0 Å². The van der Waals surface area contributed by atoms with Crippen LogP contribution < -0.4 is 10.6 Å². The van der Waals surface area contributed by atoms with Gasteiger partial charge in [-0.15, -0.1) is 0 Å². The maximum atomic E-state index is 5.84. The van der Waals surface area contributed by atoms with Gasteiger partial charge < -0.3 is 15.2 Å². The molecule has 2 heterocycles. The molecule has 0 amide bonds. The van der Waals surface area contributed by atoms with E-state index in [1.54, 1.807) is 0 Å². The summed E-state index contributed by atoms with van der Waals surface area (Å²) in [7, 11) is 0. The molecule has 0 aliphatic carbocycles. The minimum absolute atomic E-state index is 0.314. The number of rotatable bonds is 2. The first-order valence-corrected chi connectivity index (χ1v) is 5.51. The molecule has 5 heteroatoms. The predicted molar refractivity (Wildman–Crippen MR) is 57.8 cm³/mol. The van der Waals surface area contributed by atoms with Gasteiger partial charge in [0.25, 0.3) is 0 Å². The number of hydrogen-bond acceptors (Lipinski definition) is 5. The summed E-state index contributed by atoms with van der Waals surface area (Å²) in [5, 5.41) is 3.95. The Morgan fingerprint density at radius 1 is 1.40 bits per heavy atom. The Hall–Kier alpha value is -1.10. The zero-order valence-electron chi connectivity index (χ0n) is 9.31. The van der Waals surface area contributed by atoms with Crippen LogP contribution in [0.4, 0.5) is 6.01 Å². The monoisotopic (exact) mass is 210 g/mol. The fraction of sp³-hybridized carbons (Fsp3) is 0.800. The van der Waals surface area contributed by atoms with Crippen LogP contribution in [0.1, 0.15) is 38.4 Å². The van der Waals surface area contributed by atoms with Crippen LogP contribution in [-0.4, -0.2) is 29.3 Å². The van der Waals surface area contributed by atoms with Crippen LogP contribution in [0.25, 0.3) is 0 Å². The third-order valence-corrected chi connectivity index (χ3v) is 2.76. The van der Waals surface area contributed by atoms with Crippen molar-refractivity contribution in [2.24, 2.45) is 5.73 Å². The number of nitrogens with zero attached hydrogens (tertiary/aromatic N) is 3. The van der Waals surface area contributed by atoms with Gasteiger partial charge in [-0.1, -0.05) is 19.0 Å². The molecule has 1 aromatic heterocycles. The Morgan fingerprint density at radius 2 is 2.07 bits per heavy atom. The second-order valence-electron chi connectivity index (χ2n) is 4.41. The average Bonchev–Trinajstić information content (AvgIpc) is 2.68. The summed E-state index contributed by atoms with van der Waals surface area (Å²) in [5.41, 5.74) is 5.84. The minimum atomic E-state index is 0.314. The fourth-order valence-electron chi connectivity index (χ4n) is 1.68. The molecule has 2 rings (SSSR count). The Kier molecular flexibility index (Phi) is 2.90. The van der Waals surface area contributed by atoms with Gasteiger partial charge >= 0.3 is 6.01 Å². The van der Waals surface area contributed by atoms with E-state index in [1.807, 2.05) is 0 Å². The lowest BCUT2D eigenvalue weighted by Gasteiger charge is -2.28. The predicted octanol–water partition coefficient (Wildman–Crippen LogP) is 1.12. The van der Waals surface area contributed by atoms with Crippen LogP contribution in [0.5, 0.6) is 0 Å².